The van der Waals surface area contributed by atoms with Crippen molar-refractivity contribution in [1.29, 1.82) is 0 Å². The summed E-state index contributed by atoms with van der Waals surface area (Å²) in [5.74, 6) is 4.34. The van der Waals surface area contributed by atoms with Crippen LogP contribution in [0.25, 0.3) is 0 Å². The van der Waals surface area contributed by atoms with Crippen molar-refractivity contribution < 1.29 is 24.2 Å². The van der Waals surface area contributed by atoms with E-state index in [9.17, 15) is 19.5 Å². The zero-order chi connectivity index (χ0) is 23.8. The van der Waals surface area contributed by atoms with Gasteiger partial charge in [-0.1, -0.05) is 11.8 Å². The third kappa shape index (κ3) is 4.01. The minimum Gasteiger partial charge on any atom is -0.450 e. The van der Waals surface area contributed by atoms with Crippen molar-refractivity contribution in [2.24, 2.45) is 5.73 Å². The SMILES string of the molecule is CCOC(=O)N1CCc2[nH]nc(C(N)=O)c2C1c1cc(C#C[C@]2(O)CCN(C)C2=O)ccn1. The lowest BCUT2D eigenvalue weighted by Crippen LogP contribution is -2.42. The molecule has 0 spiro atoms. The first-order chi connectivity index (χ1) is 15.7. The number of fused-ring (bicyclic) bond motifs is 1. The second kappa shape index (κ2) is 8.55. The van der Waals surface area contributed by atoms with E-state index in [1.807, 2.05) is 0 Å². The van der Waals surface area contributed by atoms with Crippen LogP contribution in [0.3, 0.4) is 0 Å². The first-order valence-corrected chi connectivity index (χ1v) is 10.5. The van der Waals surface area contributed by atoms with Crippen LogP contribution in [0, 0.1) is 11.8 Å². The summed E-state index contributed by atoms with van der Waals surface area (Å²) in [5.41, 5.74) is 5.86. The van der Waals surface area contributed by atoms with E-state index in [1.54, 1.807) is 26.1 Å². The van der Waals surface area contributed by atoms with Gasteiger partial charge in [-0.15, -0.1) is 0 Å². The van der Waals surface area contributed by atoms with E-state index >= 15 is 0 Å². The molecule has 4 rings (SSSR count). The van der Waals surface area contributed by atoms with Crippen LogP contribution in [-0.4, -0.2) is 80.3 Å². The molecule has 33 heavy (non-hydrogen) atoms. The molecule has 2 aromatic heterocycles. The summed E-state index contributed by atoms with van der Waals surface area (Å²) in [6, 6.07) is 2.49. The van der Waals surface area contributed by atoms with Crippen molar-refractivity contribution in [2.75, 3.05) is 26.7 Å². The predicted molar refractivity (Wildman–Crippen MR) is 115 cm³/mol. The molecular formula is C22H24N6O5. The van der Waals surface area contributed by atoms with Crippen LogP contribution in [-0.2, 0) is 16.0 Å². The number of carbonyl (C=O) groups is 3. The minimum absolute atomic E-state index is 0.0242. The van der Waals surface area contributed by atoms with Crippen molar-refractivity contribution in [3.63, 3.8) is 0 Å². The van der Waals surface area contributed by atoms with Crippen LogP contribution in [0.4, 0.5) is 4.79 Å². The number of aliphatic hydroxyl groups is 1. The van der Waals surface area contributed by atoms with Crippen LogP contribution < -0.4 is 5.73 Å². The number of nitrogens with zero attached hydrogens (tertiary/aromatic N) is 4. The quantitative estimate of drug-likeness (QED) is 0.552. The number of pyridine rings is 1. The van der Waals surface area contributed by atoms with Crippen molar-refractivity contribution in [2.45, 2.75) is 31.4 Å². The Balaban J connectivity index is 1.76. The Morgan fingerprint density at radius 2 is 2.21 bits per heavy atom. The number of likely N-dealkylation sites (tertiary alicyclic amines) is 1. The number of hydrogen-bond donors (Lipinski definition) is 3. The fourth-order valence-electron chi connectivity index (χ4n) is 4.11. The lowest BCUT2D eigenvalue weighted by molar-refractivity contribution is -0.137. The molecule has 1 fully saturated rings. The van der Waals surface area contributed by atoms with Gasteiger partial charge in [0.05, 0.1) is 12.3 Å². The van der Waals surface area contributed by atoms with Crippen molar-refractivity contribution in [3.8, 4) is 11.8 Å². The summed E-state index contributed by atoms with van der Waals surface area (Å²) in [6.45, 7) is 2.62. The molecule has 172 valence electrons. The Hall–Kier alpha value is -3.91. The summed E-state index contributed by atoms with van der Waals surface area (Å²) in [7, 11) is 1.61. The Bertz CT molecular complexity index is 1180. The van der Waals surface area contributed by atoms with E-state index in [0.29, 0.717) is 42.0 Å². The van der Waals surface area contributed by atoms with Gasteiger partial charge in [0.2, 0.25) is 5.60 Å². The van der Waals surface area contributed by atoms with E-state index in [2.05, 4.69) is 27.0 Å². The van der Waals surface area contributed by atoms with E-state index in [-0.39, 0.29) is 18.7 Å². The van der Waals surface area contributed by atoms with Gasteiger partial charge in [0, 0.05) is 56.0 Å². The summed E-state index contributed by atoms with van der Waals surface area (Å²) < 4.78 is 5.21. The topological polar surface area (TPSA) is 155 Å². The maximum Gasteiger partial charge on any atom is 0.410 e. The number of carbonyl (C=O) groups excluding carboxylic acids is 3. The van der Waals surface area contributed by atoms with Gasteiger partial charge in [0.1, 0.15) is 6.04 Å². The van der Waals surface area contributed by atoms with Crippen molar-refractivity contribution >= 4 is 17.9 Å². The second-order valence-corrected chi connectivity index (χ2v) is 7.93. The highest BCUT2D eigenvalue weighted by Crippen LogP contribution is 2.36. The number of aromatic amines is 1. The average Bonchev–Trinajstić information content (AvgIpc) is 3.35. The molecule has 2 atom stereocenters. The zero-order valence-electron chi connectivity index (χ0n) is 18.3. The maximum atomic E-state index is 12.7. The number of nitrogens with one attached hydrogen (secondary N) is 1. The molecule has 11 heteroatoms. The lowest BCUT2D eigenvalue weighted by atomic mass is 9.92. The third-order valence-electron chi connectivity index (χ3n) is 5.79. The van der Waals surface area contributed by atoms with Crippen LogP contribution in [0.1, 0.15) is 52.4 Å². The number of nitrogens with two attached hydrogens (primary N) is 1. The van der Waals surface area contributed by atoms with Gasteiger partial charge in [-0.05, 0) is 19.1 Å². The lowest BCUT2D eigenvalue weighted by Gasteiger charge is -2.34. The molecule has 0 radical (unpaired) electrons. The van der Waals surface area contributed by atoms with Gasteiger partial charge in [0.25, 0.3) is 11.8 Å². The molecule has 0 aromatic carbocycles. The third-order valence-corrected chi connectivity index (χ3v) is 5.79. The predicted octanol–water partition coefficient (Wildman–Crippen LogP) is -0.0477. The molecule has 1 saturated heterocycles. The highest BCUT2D eigenvalue weighted by molar-refractivity contribution is 5.93. The molecule has 4 heterocycles. The molecule has 4 N–H and O–H groups in total. The van der Waals surface area contributed by atoms with E-state index < -0.39 is 29.6 Å². The molecule has 2 aliphatic rings. The molecule has 11 nitrogen and oxygen atoms in total. The molecule has 1 unspecified atom stereocenters. The van der Waals surface area contributed by atoms with Crippen LogP contribution in [0.2, 0.25) is 0 Å². The van der Waals surface area contributed by atoms with Crippen LogP contribution in [0.15, 0.2) is 18.3 Å². The second-order valence-electron chi connectivity index (χ2n) is 7.93. The summed E-state index contributed by atoms with van der Waals surface area (Å²) in [4.78, 5) is 44.2. The molecule has 0 saturated carbocycles. The number of likely N-dealkylation sites (N-methyl/N-ethyl adjacent to an activating group) is 1. The Labute approximate surface area is 189 Å². The molecule has 2 aliphatic heterocycles. The van der Waals surface area contributed by atoms with Gasteiger partial charge in [-0.25, -0.2) is 4.79 Å². The number of hydrogen-bond acceptors (Lipinski definition) is 7. The average molecular weight is 452 g/mol. The summed E-state index contributed by atoms with van der Waals surface area (Å²) >= 11 is 0. The van der Waals surface area contributed by atoms with Crippen molar-refractivity contribution in [3.05, 3.63) is 46.5 Å². The number of H-pyrrole nitrogens is 1. The number of amides is 3. The van der Waals surface area contributed by atoms with E-state index in [4.69, 9.17) is 10.5 Å². The standard InChI is InChI=1S/C22H24N6O5/c1-3-33-21(31)28-10-6-14-16(17(19(23)29)26-25-14)18(28)15-12-13(5-9-24-15)4-7-22(32)8-11-27(2)20(22)30/h5,9,12,18,32H,3,6,8,10-11H2,1-2H3,(H2,23,29)(H,25,26)/t18?,22-/m0/s1. The fraction of sp³-hybridized carbons (Fsp3) is 0.409. The summed E-state index contributed by atoms with van der Waals surface area (Å²) in [6.07, 6.45) is 1.60. The number of primary amides is 1. The molecule has 0 bridgehead atoms. The highest BCUT2D eigenvalue weighted by atomic mass is 16.6. The molecule has 2 aromatic rings. The summed E-state index contributed by atoms with van der Waals surface area (Å²) in [5, 5.41) is 17.4. The van der Waals surface area contributed by atoms with E-state index in [0.717, 1.165) is 0 Å². The van der Waals surface area contributed by atoms with Gasteiger partial charge < -0.3 is 20.5 Å². The number of ether oxygens (including phenoxy) is 1. The number of rotatable bonds is 3. The first-order valence-electron chi connectivity index (χ1n) is 10.5. The van der Waals surface area contributed by atoms with Crippen molar-refractivity contribution in [1.82, 2.24) is 25.0 Å². The molecular weight excluding hydrogens is 428 g/mol. The normalized spacial score (nSPS) is 21.9. The monoisotopic (exact) mass is 452 g/mol. The Kier molecular flexibility index (Phi) is 5.78. The number of aromatic nitrogens is 3. The minimum atomic E-state index is -1.74. The zero-order valence-corrected chi connectivity index (χ0v) is 18.3. The van der Waals surface area contributed by atoms with Gasteiger partial charge in [-0.3, -0.25) is 24.6 Å². The Morgan fingerprint density at radius 3 is 2.88 bits per heavy atom. The maximum absolute atomic E-state index is 12.7. The molecule has 0 aliphatic carbocycles. The van der Waals surface area contributed by atoms with E-state index in [1.165, 1.54) is 16.0 Å². The first kappa shape index (κ1) is 22.3. The Morgan fingerprint density at radius 1 is 1.42 bits per heavy atom. The smallest absolute Gasteiger partial charge is 0.410 e. The van der Waals surface area contributed by atoms with Crippen LogP contribution in [0.5, 0.6) is 0 Å². The van der Waals surface area contributed by atoms with Gasteiger partial charge in [0.15, 0.2) is 5.69 Å². The van der Waals surface area contributed by atoms with Gasteiger partial charge in [-0.2, -0.15) is 5.10 Å². The largest absolute Gasteiger partial charge is 0.450 e. The van der Waals surface area contributed by atoms with Crippen LogP contribution >= 0.6 is 0 Å². The highest BCUT2D eigenvalue weighted by Gasteiger charge is 2.42. The molecule has 3 amide bonds. The fourth-order valence-corrected chi connectivity index (χ4v) is 4.11. The van der Waals surface area contributed by atoms with Gasteiger partial charge >= 0.3 is 6.09 Å².